The van der Waals surface area contributed by atoms with Gasteiger partial charge in [-0.1, -0.05) is 6.42 Å². The van der Waals surface area contributed by atoms with Crippen molar-refractivity contribution in [2.45, 2.75) is 39.2 Å². The van der Waals surface area contributed by atoms with Gasteiger partial charge in [-0.25, -0.2) is 0 Å². The van der Waals surface area contributed by atoms with E-state index in [-0.39, 0.29) is 5.91 Å². The summed E-state index contributed by atoms with van der Waals surface area (Å²) in [6.07, 6.45) is 4.01. The van der Waals surface area contributed by atoms with Crippen LogP contribution < -0.4 is 10.6 Å². The lowest BCUT2D eigenvalue weighted by atomic mass is 10.1. The van der Waals surface area contributed by atoms with E-state index in [4.69, 9.17) is 0 Å². The summed E-state index contributed by atoms with van der Waals surface area (Å²) in [6, 6.07) is 0.537. The van der Waals surface area contributed by atoms with Crippen LogP contribution in [0.3, 0.4) is 0 Å². The summed E-state index contributed by atoms with van der Waals surface area (Å²) in [6.45, 7) is 8.64. The molecule has 0 aromatic carbocycles. The zero-order valence-corrected chi connectivity index (χ0v) is 10.6. The minimum Gasteiger partial charge on any atom is -0.355 e. The van der Waals surface area contributed by atoms with Crippen molar-refractivity contribution in [2.75, 3.05) is 32.7 Å². The number of rotatable bonds is 6. The molecule has 1 heterocycles. The number of amides is 1. The summed E-state index contributed by atoms with van der Waals surface area (Å²) in [5.41, 5.74) is 0. The average molecular weight is 227 g/mol. The Morgan fingerprint density at radius 1 is 1.31 bits per heavy atom. The lowest BCUT2D eigenvalue weighted by molar-refractivity contribution is -0.120. The van der Waals surface area contributed by atoms with E-state index >= 15 is 0 Å². The molecule has 1 rings (SSSR count). The van der Waals surface area contributed by atoms with Crippen LogP contribution in [0.2, 0.25) is 0 Å². The van der Waals surface area contributed by atoms with Crippen molar-refractivity contribution >= 4 is 5.91 Å². The van der Waals surface area contributed by atoms with Gasteiger partial charge in [-0.05, 0) is 39.8 Å². The fraction of sp³-hybridized carbons (Fsp3) is 0.917. The van der Waals surface area contributed by atoms with Crippen LogP contribution in [0.4, 0.5) is 0 Å². The van der Waals surface area contributed by atoms with E-state index in [1.807, 2.05) is 6.92 Å². The Kier molecular flexibility index (Phi) is 6.42. The standard InChI is InChI=1S/C12H25N3O/c1-3-14-12(16)10-13-9-11(2)15-7-5-4-6-8-15/h11,13H,3-10H2,1-2H3,(H,14,16). The molecule has 0 aliphatic carbocycles. The maximum absolute atomic E-state index is 11.2. The Labute approximate surface area is 98.8 Å². The summed E-state index contributed by atoms with van der Waals surface area (Å²) in [5, 5.41) is 6.00. The van der Waals surface area contributed by atoms with Crippen LogP contribution in [0.5, 0.6) is 0 Å². The molecule has 1 fully saturated rings. The van der Waals surface area contributed by atoms with Gasteiger partial charge in [0.05, 0.1) is 6.54 Å². The third-order valence-corrected chi connectivity index (χ3v) is 3.11. The van der Waals surface area contributed by atoms with Gasteiger partial charge >= 0.3 is 0 Å². The van der Waals surface area contributed by atoms with Crippen LogP contribution in [0.25, 0.3) is 0 Å². The number of carbonyl (C=O) groups is 1. The molecule has 2 N–H and O–H groups in total. The number of carbonyl (C=O) groups excluding carboxylic acids is 1. The number of piperidine rings is 1. The maximum Gasteiger partial charge on any atom is 0.233 e. The lowest BCUT2D eigenvalue weighted by Gasteiger charge is -2.32. The molecule has 0 aromatic heterocycles. The monoisotopic (exact) mass is 227 g/mol. The average Bonchev–Trinajstić information content (AvgIpc) is 2.30. The Morgan fingerprint density at radius 2 is 2.00 bits per heavy atom. The number of nitrogens with zero attached hydrogens (tertiary/aromatic N) is 1. The first-order valence-corrected chi connectivity index (χ1v) is 6.45. The van der Waals surface area contributed by atoms with Crippen LogP contribution in [0, 0.1) is 0 Å². The Hall–Kier alpha value is -0.610. The molecule has 0 aromatic rings. The van der Waals surface area contributed by atoms with Crippen LogP contribution in [0.1, 0.15) is 33.1 Å². The summed E-state index contributed by atoms with van der Waals surface area (Å²) < 4.78 is 0. The van der Waals surface area contributed by atoms with Gasteiger partial charge in [-0.15, -0.1) is 0 Å². The van der Waals surface area contributed by atoms with Gasteiger partial charge in [0, 0.05) is 19.1 Å². The highest BCUT2D eigenvalue weighted by Gasteiger charge is 2.16. The van der Waals surface area contributed by atoms with E-state index in [1.165, 1.54) is 32.4 Å². The van der Waals surface area contributed by atoms with Crippen molar-refractivity contribution in [1.82, 2.24) is 15.5 Å². The minimum absolute atomic E-state index is 0.0911. The number of nitrogens with one attached hydrogen (secondary N) is 2. The quantitative estimate of drug-likeness (QED) is 0.698. The Balaban J connectivity index is 2.09. The molecule has 1 unspecified atom stereocenters. The summed E-state index contributed by atoms with van der Waals surface area (Å²) >= 11 is 0. The molecule has 1 saturated heterocycles. The van der Waals surface area contributed by atoms with Crippen LogP contribution >= 0.6 is 0 Å². The predicted octanol–water partition coefficient (Wildman–Crippen LogP) is 0.587. The summed E-state index contributed by atoms with van der Waals surface area (Å²) in [7, 11) is 0. The highest BCUT2D eigenvalue weighted by molar-refractivity contribution is 5.77. The molecule has 4 heteroatoms. The second-order valence-corrected chi connectivity index (χ2v) is 4.53. The third-order valence-electron chi connectivity index (χ3n) is 3.11. The second-order valence-electron chi connectivity index (χ2n) is 4.53. The minimum atomic E-state index is 0.0911. The maximum atomic E-state index is 11.2. The smallest absolute Gasteiger partial charge is 0.233 e. The van der Waals surface area contributed by atoms with Crippen molar-refractivity contribution in [2.24, 2.45) is 0 Å². The first-order chi connectivity index (χ1) is 7.74. The molecule has 4 nitrogen and oxygen atoms in total. The first kappa shape index (κ1) is 13.5. The van der Waals surface area contributed by atoms with Gasteiger partial charge in [-0.2, -0.15) is 0 Å². The van der Waals surface area contributed by atoms with E-state index in [9.17, 15) is 4.79 Å². The van der Waals surface area contributed by atoms with E-state index in [0.717, 1.165) is 6.54 Å². The largest absolute Gasteiger partial charge is 0.355 e. The van der Waals surface area contributed by atoms with Gasteiger partial charge < -0.3 is 10.6 Å². The van der Waals surface area contributed by atoms with Crippen molar-refractivity contribution < 1.29 is 4.79 Å². The highest BCUT2D eigenvalue weighted by atomic mass is 16.1. The van der Waals surface area contributed by atoms with Crippen LogP contribution in [0.15, 0.2) is 0 Å². The predicted molar refractivity (Wildman–Crippen MR) is 66.4 cm³/mol. The van der Waals surface area contributed by atoms with Crippen molar-refractivity contribution in [3.05, 3.63) is 0 Å². The molecule has 0 bridgehead atoms. The number of hydrogen-bond donors (Lipinski definition) is 2. The van der Waals surface area contributed by atoms with Crippen LogP contribution in [-0.4, -0.2) is 49.6 Å². The van der Waals surface area contributed by atoms with Crippen molar-refractivity contribution in [3.63, 3.8) is 0 Å². The van der Waals surface area contributed by atoms with Gasteiger partial charge in [-0.3, -0.25) is 9.69 Å². The fourth-order valence-corrected chi connectivity index (χ4v) is 2.14. The first-order valence-electron chi connectivity index (χ1n) is 6.45. The normalized spacial score (nSPS) is 19.4. The van der Waals surface area contributed by atoms with Crippen molar-refractivity contribution in [1.29, 1.82) is 0 Å². The van der Waals surface area contributed by atoms with E-state index < -0.39 is 0 Å². The molecule has 0 saturated carbocycles. The molecule has 1 amide bonds. The van der Waals surface area contributed by atoms with Gasteiger partial charge in [0.1, 0.15) is 0 Å². The van der Waals surface area contributed by atoms with E-state index in [0.29, 0.717) is 19.1 Å². The highest BCUT2D eigenvalue weighted by Crippen LogP contribution is 2.11. The molecule has 0 radical (unpaired) electrons. The lowest BCUT2D eigenvalue weighted by Crippen LogP contribution is -2.45. The van der Waals surface area contributed by atoms with Gasteiger partial charge in [0.2, 0.25) is 5.91 Å². The van der Waals surface area contributed by atoms with Gasteiger partial charge in [0.25, 0.3) is 0 Å². The molecule has 1 atom stereocenters. The SMILES string of the molecule is CCNC(=O)CNCC(C)N1CCCCC1. The molecule has 0 spiro atoms. The number of hydrogen-bond acceptors (Lipinski definition) is 3. The van der Waals surface area contributed by atoms with Crippen LogP contribution in [-0.2, 0) is 4.79 Å². The molecular weight excluding hydrogens is 202 g/mol. The molecular formula is C12H25N3O. The van der Waals surface area contributed by atoms with E-state index in [1.54, 1.807) is 0 Å². The number of likely N-dealkylation sites (tertiary alicyclic amines) is 1. The van der Waals surface area contributed by atoms with Crippen molar-refractivity contribution in [3.8, 4) is 0 Å². The number of likely N-dealkylation sites (N-methyl/N-ethyl adjacent to an activating group) is 1. The molecule has 1 aliphatic heterocycles. The zero-order chi connectivity index (χ0) is 11.8. The second kappa shape index (κ2) is 7.63. The van der Waals surface area contributed by atoms with Gasteiger partial charge in [0.15, 0.2) is 0 Å². The fourth-order valence-electron chi connectivity index (χ4n) is 2.14. The molecule has 16 heavy (non-hydrogen) atoms. The summed E-state index contributed by atoms with van der Waals surface area (Å²) in [4.78, 5) is 13.7. The molecule has 1 aliphatic rings. The topological polar surface area (TPSA) is 44.4 Å². The third kappa shape index (κ3) is 4.94. The Bertz CT molecular complexity index is 202. The Morgan fingerprint density at radius 3 is 2.62 bits per heavy atom. The van der Waals surface area contributed by atoms with E-state index in [2.05, 4.69) is 22.5 Å². The zero-order valence-electron chi connectivity index (χ0n) is 10.6. The summed E-state index contributed by atoms with van der Waals surface area (Å²) in [5.74, 6) is 0.0911. The molecule has 94 valence electrons.